The number of ketones is 1. The minimum absolute atomic E-state index is 0.0263. The van der Waals surface area contributed by atoms with E-state index in [0.717, 1.165) is 28.6 Å². The molecule has 0 radical (unpaired) electrons. The first-order valence-corrected chi connectivity index (χ1v) is 10.3. The fourth-order valence-corrected chi connectivity index (χ4v) is 2.97. The van der Waals surface area contributed by atoms with Gasteiger partial charge in [0.15, 0.2) is 11.6 Å². The Morgan fingerprint density at radius 1 is 0.906 bits per heavy atom. The number of amides is 1. The first-order chi connectivity index (χ1) is 15.5. The van der Waals surface area contributed by atoms with Gasteiger partial charge >= 0.3 is 0 Å². The van der Waals surface area contributed by atoms with Gasteiger partial charge in [0.2, 0.25) is 5.91 Å². The number of nitrogens with one attached hydrogen (secondary N) is 1. The topological polar surface area (TPSA) is 89.8 Å². The first-order valence-electron chi connectivity index (χ1n) is 10.3. The lowest BCUT2D eigenvalue weighted by atomic mass is 10.1. The molecule has 0 aliphatic carbocycles. The van der Waals surface area contributed by atoms with Crippen molar-refractivity contribution in [3.8, 4) is 17.1 Å². The van der Waals surface area contributed by atoms with E-state index in [2.05, 4.69) is 20.5 Å². The van der Waals surface area contributed by atoms with Crippen molar-refractivity contribution < 1.29 is 9.59 Å². The minimum atomic E-state index is -0.0272. The first kappa shape index (κ1) is 22.6. The van der Waals surface area contributed by atoms with Gasteiger partial charge in [-0.2, -0.15) is 0 Å². The number of para-hydroxylation sites is 1. The summed E-state index contributed by atoms with van der Waals surface area (Å²) in [5, 5.41) is 11.1. The molecule has 7 heteroatoms. The molecule has 0 fully saturated rings. The van der Waals surface area contributed by atoms with Crippen LogP contribution in [-0.4, -0.2) is 31.4 Å². The summed E-state index contributed by atoms with van der Waals surface area (Å²) >= 11 is 0. The lowest BCUT2D eigenvalue weighted by molar-refractivity contribution is -0.115. The summed E-state index contributed by atoms with van der Waals surface area (Å²) in [5.74, 6) is 1.70. The van der Waals surface area contributed by atoms with E-state index in [0.29, 0.717) is 12.0 Å². The van der Waals surface area contributed by atoms with Crippen LogP contribution in [0.3, 0.4) is 0 Å². The summed E-state index contributed by atoms with van der Waals surface area (Å²) in [5.41, 5.74) is 3.45. The second kappa shape index (κ2) is 10.8. The van der Waals surface area contributed by atoms with Crippen LogP contribution in [0.4, 0.5) is 5.69 Å². The largest absolute Gasteiger partial charge is 0.326 e. The van der Waals surface area contributed by atoms with Crippen molar-refractivity contribution >= 4 is 17.4 Å². The van der Waals surface area contributed by atoms with Gasteiger partial charge in [-0.05, 0) is 62.4 Å². The molecule has 2 aromatic heterocycles. The summed E-state index contributed by atoms with van der Waals surface area (Å²) in [6.07, 6.45) is 3.97. The predicted molar refractivity (Wildman–Crippen MR) is 125 cm³/mol. The Balaban J connectivity index is 0.000000188. The van der Waals surface area contributed by atoms with Crippen molar-refractivity contribution in [3.63, 3.8) is 0 Å². The molecule has 4 rings (SSSR count). The van der Waals surface area contributed by atoms with Crippen LogP contribution < -0.4 is 5.32 Å². The van der Waals surface area contributed by atoms with Crippen molar-refractivity contribution in [1.29, 1.82) is 0 Å². The number of pyridine rings is 1. The van der Waals surface area contributed by atoms with Crippen LogP contribution >= 0.6 is 0 Å². The molecule has 2 aromatic carbocycles. The van der Waals surface area contributed by atoms with E-state index in [-0.39, 0.29) is 11.7 Å². The summed E-state index contributed by atoms with van der Waals surface area (Å²) in [7, 11) is 0. The molecule has 0 bridgehead atoms. The highest BCUT2D eigenvalue weighted by molar-refractivity contribution is 5.95. The van der Waals surface area contributed by atoms with Crippen LogP contribution in [0.1, 0.15) is 36.5 Å². The standard InChI is InChI=1S/C14H12N4.C11H13NO2/c1-11-16-17-14(12-7-9-15-10-8-12)18(11)13-5-3-2-4-6-13;1-3-11(14)12-10-6-4-9(5-7-10)8(2)13/h2-10H,1H3;4-7H,3H2,1-2H3,(H,12,14). The van der Waals surface area contributed by atoms with Crippen LogP contribution in [0, 0.1) is 6.92 Å². The van der Waals surface area contributed by atoms with E-state index >= 15 is 0 Å². The van der Waals surface area contributed by atoms with E-state index in [1.807, 2.05) is 54.0 Å². The Kier molecular flexibility index (Phi) is 7.59. The van der Waals surface area contributed by atoms with Gasteiger partial charge in [0, 0.05) is 41.3 Å². The van der Waals surface area contributed by atoms with Crippen LogP contribution in [0.2, 0.25) is 0 Å². The zero-order valence-electron chi connectivity index (χ0n) is 18.3. The van der Waals surface area contributed by atoms with E-state index in [9.17, 15) is 9.59 Å². The minimum Gasteiger partial charge on any atom is -0.326 e. The van der Waals surface area contributed by atoms with Crippen molar-refractivity contribution in [3.05, 3.63) is 90.5 Å². The number of anilines is 1. The average molecular weight is 428 g/mol. The quantitative estimate of drug-likeness (QED) is 0.459. The zero-order chi connectivity index (χ0) is 22.9. The Morgan fingerprint density at radius 2 is 1.56 bits per heavy atom. The number of aryl methyl sites for hydroxylation is 1. The van der Waals surface area contributed by atoms with Gasteiger partial charge in [-0.15, -0.1) is 10.2 Å². The van der Waals surface area contributed by atoms with Crippen molar-refractivity contribution in [2.45, 2.75) is 27.2 Å². The van der Waals surface area contributed by atoms with Crippen molar-refractivity contribution in [1.82, 2.24) is 19.7 Å². The highest BCUT2D eigenvalue weighted by Gasteiger charge is 2.11. The number of hydrogen-bond donors (Lipinski definition) is 1. The number of aromatic nitrogens is 4. The monoisotopic (exact) mass is 427 g/mol. The van der Waals surface area contributed by atoms with Crippen molar-refractivity contribution in [2.24, 2.45) is 0 Å². The molecule has 162 valence electrons. The summed E-state index contributed by atoms with van der Waals surface area (Å²) in [4.78, 5) is 26.0. The fraction of sp³-hybridized carbons (Fsp3) is 0.160. The second-order valence-electron chi connectivity index (χ2n) is 7.01. The van der Waals surface area contributed by atoms with Gasteiger partial charge < -0.3 is 5.32 Å². The smallest absolute Gasteiger partial charge is 0.224 e. The average Bonchev–Trinajstić information content (AvgIpc) is 3.22. The number of Topliss-reactive ketones (excluding diaryl/α,β-unsaturated/α-hetero) is 1. The Labute approximate surface area is 187 Å². The van der Waals surface area contributed by atoms with E-state index in [1.165, 1.54) is 6.92 Å². The summed E-state index contributed by atoms with van der Waals surface area (Å²) in [6, 6.07) is 20.8. The number of rotatable bonds is 5. The molecule has 0 atom stereocenters. The normalized spacial score (nSPS) is 10.1. The molecule has 1 N–H and O–H groups in total. The molecule has 32 heavy (non-hydrogen) atoms. The Hall–Kier alpha value is -4.13. The number of hydrogen-bond acceptors (Lipinski definition) is 5. The Morgan fingerprint density at radius 3 is 2.16 bits per heavy atom. The Bertz CT molecular complexity index is 1170. The highest BCUT2D eigenvalue weighted by atomic mass is 16.1. The molecule has 0 spiro atoms. The summed E-state index contributed by atoms with van der Waals surface area (Å²) in [6.45, 7) is 5.25. The zero-order valence-corrected chi connectivity index (χ0v) is 18.3. The molecule has 0 saturated carbocycles. The van der Waals surface area contributed by atoms with Gasteiger partial charge in [-0.1, -0.05) is 25.1 Å². The van der Waals surface area contributed by atoms with Crippen LogP contribution in [0.25, 0.3) is 17.1 Å². The third kappa shape index (κ3) is 5.72. The highest BCUT2D eigenvalue weighted by Crippen LogP contribution is 2.21. The van der Waals surface area contributed by atoms with Crippen LogP contribution in [0.5, 0.6) is 0 Å². The van der Waals surface area contributed by atoms with Gasteiger partial charge in [-0.3, -0.25) is 19.1 Å². The predicted octanol–water partition coefficient (Wildman–Crippen LogP) is 4.88. The van der Waals surface area contributed by atoms with Crippen LogP contribution in [-0.2, 0) is 4.79 Å². The molecule has 0 unspecified atom stereocenters. The number of carbonyl (C=O) groups is 2. The SMILES string of the molecule is CCC(=O)Nc1ccc(C(C)=O)cc1.Cc1nnc(-c2ccncc2)n1-c1ccccc1. The molecule has 4 aromatic rings. The summed E-state index contributed by atoms with van der Waals surface area (Å²) < 4.78 is 2.04. The van der Waals surface area contributed by atoms with Gasteiger partial charge in [0.05, 0.1) is 0 Å². The van der Waals surface area contributed by atoms with Crippen molar-refractivity contribution in [2.75, 3.05) is 5.32 Å². The third-order valence-corrected chi connectivity index (χ3v) is 4.67. The van der Waals surface area contributed by atoms with Crippen LogP contribution in [0.15, 0.2) is 79.1 Å². The second-order valence-corrected chi connectivity index (χ2v) is 7.01. The molecule has 0 aliphatic rings. The fourth-order valence-electron chi connectivity index (χ4n) is 2.97. The maximum absolute atomic E-state index is 11.0. The van der Waals surface area contributed by atoms with E-state index in [4.69, 9.17) is 0 Å². The van der Waals surface area contributed by atoms with E-state index < -0.39 is 0 Å². The molecular formula is C25H25N5O2. The van der Waals surface area contributed by atoms with Gasteiger partial charge in [0.25, 0.3) is 0 Å². The maximum atomic E-state index is 11.0. The molecular weight excluding hydrogens is 402 g/mol. The van der Waals surface area contributed by atoms with Gasteiger partial charge in [-0.25, -0.2) is 0 Å². The van der Waals surface area contributed by atoms with E-state index in [1.54, 1.807) is 43.6 Å². The number of benzene rings is 2. The molecule has 2 heterocycles. The molecule has 7 nitrogen and oxygen atoms in total. The molecule has 1 amide bonds. The lowest BCUT2D eigenvalue weighted by Crippen LogP contribution is -2.09. The number of carbonyl (C=O) groups excluding carboxylic acids is 2. The molecule has 0 aliphatic heterocycles. The maximum Gasteiger partial charge on any atom is 0.224 e. The molecule has 0 saturated heterocycles. The van der Waals surface area contributed by atoms with Gasteiger partial charge in [0.1, 0.15) is 5.82 Å². The lowest BCUT2D eigenvalue weighted by Gasteiger charge is -2.08. The number of nitrogens with zero attached hydrogens (tertiary/aromatic N) is 4. The third-order valence-electron chi connectivity index (χ3n) is 4.67.